The third-order valence-electron chi connectivity index (χ3n) is 3.90. The predicted molar refractivity (Wildman–Crippen MR) is 75.6 cm³/mol. The first kappa shape index (κ1) is 14.1. The first-order valence-electron chi connectivity index (χ1n) is 7.01. The van der Waals surface area contributed by atoms with Gasteiger partial charge in [-0.25, -0.2) is 0 Å². The lowest BCUT2D eigenvalue weighted by molar-refractivity contribution is 0.346. The largest absolute Gasteiger partial charge is 0.493 e. The molecule has 4 nitrogen and oxygen atoms in total. The summed E-state index contributed by atoms with van der Waals surface area (Å²) in [5.41, 5.74) is 1.47. The Kier molecular flexibility index (Phi) is 4.64. The average Bonchev–Trinajstić information content (AvgIpc) is 3.18. The van der Waals surface area contributed by atoms with Gasteiger partial charge in [0.25, 0.3) is 0 Å². The fraction of sp³-hybridized carbons (Fsp3) is 0.667. The highest BCUT2D eigenvalue weighted by atomic mass is 16.5. The van der Waals surface area contributed by atoms with Crippen molar-refractivity contribution < 1.29 is 9.47 Å². The second-order valence-electron chi connectivity index (χ2n) is 5.35. The maximum absolute atomic E-state index is 5.39. The van der Waals surface area contributed by atoms with Gasteiger partial charge < -0.3 is 14.8 Å². The van der Waals surface area contributed by atoms with Gasteiger partial charge in [0.15, 0.2) is 11.5 Å². The van der Waals surface area contributed by atoms with Gasteiger partial charge >= 0.3 is 0 Å². The minimum absolute atomic E-state index is 0.556. The van der Waals surface area contributed by atoms with Gasteiger partial charge in [0.2, 0.25) is 0 Å². The molecular weight excluding hydrogens is 240 g/mol. The maximum atomic E-state index is 5.39. The molecule has 0 bridgehead atoms. The quantitative estimate of drug-likeness (QED) is 0.784. The average molecular weight is 264 g/mol. The second kappa shape index (κ2) is 6.24. The van der Waals surface area contributed by atoms with Crippen molar-refractivity contribution >= 4 is 0 Å². The van der Waals surface area contributed by atoms with Crippen LogP contribution in [0.2, 0.25) is 0 Å². The molecule has 0 amide bonds. The van der Waals surface area contributed by atoms with Crippen LogP contribution in [0, 0.1) is 5.41 Å². The van der Waals surface area contributed by atoms with E-state index in [0.717, 1.165) is 30.3 Å². The van der Waals surface area contributed by atoms with E-state index in [4.69, 9.17) is 9.47 Å². The van der Waals surface area contributed by atoms with E-state index < -0.39 is 0 Å². The lowest BCUT2D eigenvalue weighted by atomic mass is 10.0. The molecule has 0 aliphatic heterocycles. The molecule has 1 N–H and O–H groups in total. The van der Waals surface area contributed by atoms with Crippen molar-refractivity contribution in [3.8, 4) is 11.5 Å². The molecule has 0 spiro atoms. The molecule has 0 saturated heterocycles. The standard InChI is InChI=1S/C15H24N2O2/c1-4-6-15(7-8-15)11-16-10-12-14(19-3)13(18-2)5-9-17-12/h5,9,16H,4,6-8,10-11H2,1-3H3. The summed E-state index contributed by atoms with van der Waals surface area (Å²) in [6.07, 6.45) is 7.06. The van der Waals surface area contributed by atoms with Gasteiger partial charge in [-0.05, 0) is 24.7 Å². The van der Waals surface area contributed by atoms with Crippen LogP contribution >= 0.6 is 0 Å². The van der Waals surface area contributed by atoms with Gasteiger partial charge in [0.05, 0.1) is 19.9 Å². The molecule has 0 unspecified atom stereocenters. The number of rotatable bonds is 8. The molecular formula is C15H24N2O2. The van der Waals surface area contributed by atoms with E-state index in [0.29, 0.717) is 5.41 Å². The molecule has 1 aliphatic rings. The van der Waals surface area contributed by atoms with E-state index in [2.05, 4.69) is 17.2 Å². The lowest BCUT2D eigenvalue weighted by Crippen LogP contribution is -2.24. The number of ether oxygens (including phenoxy) is 2. The Morgan fingerprint density at radius 3 is 2.68 bits per heavy atom. The summed E-state index contributed by atoms with van der Waals surface area (Å²) in [5, 5.41) is 3.52. The van der Waals surface area contributed by atoms with Crippen molar-refractivity contribution in [1.82, 2.24) is 10.3 Å². The molecule has 19 heavy (non-hydrogen) atoms. The van der Waals surface area contributed by atoms with Crippen molar-refractivity contribution in [3.63, 3.8) is 0 Å². The third kappa shape index (κ3) is 3.38. The number of aromatic nitrogens is 1. The van der Waals surface area contributed by atoms with Crippen molar-refractivity contribution in [2.24, 2.45) is 5.41 Å². The summed E-state index contributed by atoms with van der Waals surface area (Å²) < 4.78 is 10.7. The first-order valence-corrected chi connectivity index (χ1v) is 7.01. The fourth-order valence-corrected chi connectivity index (χ4v) is 2.64. The number of pyridine rings is 1. The highest BCUT2D eigenvalue weighted by molar-refractivity contribution is 5.42. The van der Waals surface area contributed by atoms with E-state index in [-0.39, 0.29) is 0 Å². The molecule has 2 rings (SSSR count). The zero-order chi connectivity index (χ0) is 13.7. The van der Waals surface area contributed by atoms with Gasteiger partial charge in [0.1, 0.15) is 0 Å². The topological polar surface area (TPSA) is 43.4 Å². The molecule has 1 aromatic rings. The maximum Gasteiger partial charge on any atom is 0.183 e. The molecule has 106 valence electrons. The highest BCUT2D eigenvalue weighted by Crippen LogP contribution is 2.49. The van der Waals surface area contributed by atoms with E-state index >= 15 is 0 Å². The molecule has 1 aromatic heterocycles. The minimum atomic E-state index is 0.556. The number of hydrogen-bond donors (Lipinski definition) is 1. The van der Waals surface area contributed by atoms with E-state index in [1.165, 1.54) is 25.7 Å². The molecule has 0 radical (unpaired) electrons. The Bertz CT molecular complexity index is 417. The zero-order valence-electron chi connectivity index (χ0n) is 12.2. The van der Waals surface area contributed by atoms with Crippen LogP contribution in [0.15, 0.2) is 12.3 Å². The van der Waals surface area contributed by atoms with Crippen LogP contribution in [0.5, 0.6) is 11.5 Å². The third-order valence-corrected chi connectivity index (χ3v) is 3.90. The van der Waals surface area contributed by atoms with E-state index in [1.54, 1.807) is 20.4 Å². The van der Waals surface area contributed by atoms with Crippen LogP contribution in [0.3, 0.4) is 0 Å². The smallest absolute Gasteiger partial charge is 0.183 e. The molecule has 0 atom stereocenters. The molecule has 1 saturated carbocycles. The minimum Gasteiger partial charge on any atom is -0.493 e. The molecule has 1 aliphatic carbocycles. The van der Waals surface area contributed by atoms with Gasteiger partial charge in [-0.3, -0.25) is 4.98 Å². The lowest BCUT2D eigenvalue weighted by Gasteiger charge is -2.16. The first-order chi connectivity index (χ1) is 9.24. The molecule has 1 fully saturated rings. The number of methoxy groups -OCH3 is 2. The van der Waals surface area contributed by atoms with Crippen LogP contribution < -0.4 is 14.8 Å². The van der Waals surface area contributed by atoms with Crippen LogP contribution in [-0.4, -0.2) is 25.7 Å². The van der Waals surface area contributed by atoms with Crippen molar-refractivity contribution in [3.05, 3.63) is 18.0 Å². The number of nitrogens with one attached hydrogen (secondary N) is 1. The Morgan fingerprint density at radius 2 is 2.11 bits per heavy atom. The van der Waals surface area contributed by atoms with Gasteiger partial charge in [-0.1, -0.05) is 13.3 Å². The fourth-order valence-electron chi connectivity index (χ4n) is 2.64. The number of nitrogens with zero attached hydrogens (tertiary/aromatic N) is 1. The summed E-state index contributed by atoms with van der Waals surface area (Å²) in [7, 11) is 3.30. The summed E-state index contributed by atoms with van der Waals surface area (Å²) in [4.78, 5) is 4.38. The zero-order valence-corrected chi connectivity index (χ0v) is 12.2. The van der Waals surface area contributed by atoms with Crippen LogP contribution in [-0.2, 0) is 6.54 Å². The van der Waals surface area contributed by atoms with Crippen molar-refractivity contribution in [2.75, 3.05) is 20.8 Å². The Hall–Kier alpha value is -1.29. The van der Waals surface area contributed by atoms with Gasteiger partial charge in [0, 0.05) is 25.4 Å². The summed E-state index contributed by atoms with van der Waals surface area (Å²) in [5.74, 6) is 1.47. The normalized spacial score (nSPS) is 16.2. The van der Waals surface area contributed by atoms with E-state index in [1.807, 2.05) is 6.07 Å². The van der Waals surface area contributed by atoms with Crippen LogP contribution in [0.1, 0.15) is 38.3 Å². The highest BCUT2D eigenvalue weighted by Gasteiger charge is 2.40. The number of hydrogen-bond acceptors (Lipinski definition) is 4. The van der Waals surface area contributed by atoms with E-state index in [9.17, 15) is 0 Å². The monoisotopic (exact) mass is 264 g/mol. The van der Waals surface area contributed by atoms with Crippen LogP contribution in [0.25, 0.3) is 0 Å². The summed E-state index contributed by atoms with van der Waals surface area (Å²) in [6, 6.07) is 1.82. The molecule has 1 heterocycles. The van der Waals surface area contributed by atoms with Crippen molar-refractivity contribution in [1.29, 1.82) is 0 Å². The second-order valence-corrected chi connectivity index (χ2v) is 5.35. The Morgan fingerprint density at radius 1 is 1.32 bits per heavy atom. The Labute approximate surface area is 115 Å². The molecule has 0 aromatic carbocycles. The van der Waals surface area contributed by atoms with Crippen LogP contribution in [0.4, 0.5) is 0 Å². The SMILES string of the molecule is CCCC1(CNCc2nccc(OC)c2OC)CC1. The summed E-state index contributed by atoms with van der Waals surface area (Å²) in [6.45, 7) is 4.06. The summed E-state index contributed by atoms with van der Waals surface area (Å²) >= 11 is 0. The van der Waals surface area contributed by atoms with Gasteiger partial charge in [-0.15, -0.1) is 0 Å². The van der Waals surface area contributed by atoms with Gasteiger partial charge in [-0.2, -0.15) is 0 Å². The van der Waals surface area contributed by atoms with Crippen molar-refractivity contribution in [2.45, 2.75) is 39.2 Å². The Balaban J connectivity index is 1.92. The predicted octanol–water partition coefficient (Wildman–Crippen LogP) is 2.77. The molecule has 4 heteroatoms.